The molecule has 1 atom stereocenters. The van der Waals surface area contributed by atoms with Crippen LogP contribution in [0.2, 0.25) is 0 Å². The smallest absolute Gasteiger partial charge is 0.270 e. The van der Waals surface area contributed by atoms with Gasteiger partial charge < -0.3 is 5.32 Å². The quantitative estimate of drug-likeness (QED) is 0.646. The average molecular weight is 433 g/mol. The summed E-state index contributed by atoms with van der Waals surface area (Å²) in [5.74, 6) is -0.608. The maximum absolute atomic E-state index is 13.7. The van der Waals surface area contributed by atoms with E-state index in [9.17, 15) is 13.2 Å². The number of hydrogen-bond donors (Lipinski definition) is 1. The van der Waals surface area contributed by atoms with Gasteiger partial charge in [0.15, 0.2) is 4.91 Å². The third-order valence-electron chi connectivity index (χ3n) is 5.42. The van der Waals surface area contributed by atoms with Crippen LogP contribution in [0.25, 0.3) is 5.57 Å². The van der Waals surface area contributed by atoms with Gasteiger partial charge in [0, 0.05) is 17.7 Å². The maximum atomic E-state index is 13.7. The Kier molecular flexibility index (Phi) is 5.65. The number of amides is 1. The molecule has 3 aromatic carbocycles. The molecule has 0 aliphatic carbocycles. The Bertz CT molecular complexity index is 1240. The van der Waals surface area contributed by atoms with Crippen LogP contribution in [0.4, 0.5) is 5.69 Å². The summed E-state index contributed by atoms with van der Waals surface area (Å²) in [6, 6.07) is 25.6. The minimum Gasteiger partial charge on any atom is -0.345 e. The van der Waals surface area contributed by atoms with Gasteiger partial charge in [-0.05, 0) is 31.0 Å². The Morgan fingerprint density at radius 1 is 0.903 bits per heavy atom. The van der Waals surface area contributed by atoms with Gasteiger partial charge in [-0.25, -0.2) is 8.42 Å². The van der Waals surface area contributed by atoms with Gasteiger partial charge in [0.1, 0.15) is 0 Å². The van der Waals surface area contributed by atoms with Crippen LogP contribution in [-0.2, 0) is 14.8 Å². The lowest BCUT2D eigenvalue weighted by atomic mass is 9.95. The summed E-state index contributed by atoms with van der Waals surface area (Å²) in [5.41, 5.74) is 3.32. The number of para-hydroxylation sites is 1. The average Bonchev–Trinajstić information content (AvgIpc) is 2.79. The van der Waals surface area contributed by atoms with Crippen molar-refractivity contribution in [2.24, 2.45) is 0 Å². The number of carbonyl (C=O) groups is 1. The van der Waals surface area contributed by atoms with Crippen LogP contribution in [0.1, 0.15) is 36.6 Å². The normalized spacial score (nSPS) is 15.9. The molecule has 5 nitrogen and oxygen atoms in total. The van der Waals surface area contributed by atoms with Crippen LogP contribution in [0.5, 0.6) is 0 Å². The van der Waals surface area contributed by atoms with Gasteiger partial charge in [-0.1, -0.05) is 78.9 Å². The minimum absolute atomic E-state index is 0.220. The van der Waals surface area contributed by atoms with E-state index in [2.05, 4.69) is 5.32 Å². The highest BCUT2D eigenvalue weighted by Gasteiger charge is 2.40. The van der Waals surface area contributed by atoms with Crippen LogP contribution >= 0.6 is 0 Å². The van der Waals surface area contributed by atoms with Gasteiger partial charge in [0.25, 0.3) is 15.9 Å². The lowest BCUT2D eigenvalue weighted by molar-refractivity contribution is -0.117. The zero-order chi connectivity index (χ0) is 22.0. The SMILES string of the molecule is CCN1c2ccccc2C(c2ccccc2)=C(C(=O)NC(C)c2ccccc2)S1(=O)=O. The first-order chi connectivity index (χ1) is 14.9. The Balaban J connectivity index is 1.92. The molecular weight excluding hydrogens is 408 g/mol. The summed E-state index contributed by atoms with van der Waals surface area (Å²) in [5, 5.41) is 2.89. The lowest BCUT2D eigenvalue weighted by Crippen LogP contribution is -2.41. The first-order valence-electron chi connectivity index (χ1n) is 10.2. The van der Waals surface area contributed by atoms with Gasteiger partial charge in [-0.3, -0.25) is 9.10 Å². The van der Waals surface area contributed by atoms with Gasteiger partial charge >= 0.3 is 0 Å². The molecule has 0 saturated heterocycles. The number of nitrogens with one attached hydrogen (secondary N) is 1. The number of benzene rings is 3. The standard InChI is InChI=1S/C25H24N2O3S/c1-3-27-22-17-11-10-16-21(22)23(20-14-8-5-9-15-20)24(31(27,29)30)25(28)26-18(2)19-12-6-4-7-13-19/h4-18H,3H2,1-2H3,(H,26,28). The molecule has 1 amide bonds. The number of sulfonamides is 1. The van der Waals surface area contributed by atoms with Crippen LogP contribution in [0.15, 0.2) is 89.8 Å². The monoisotopic (exact) mass is 432 g/mol. The zero-order valence-electron chi connectivity index (χ0n) is 17.4. The number of anilines is 1. The van der Waals surface area contributed by atoms with E-state index in [0.717, 1.165) is 11.1 Å². The molecule has 4 rings (SSSR count). The maximum Gasteiger partial charge on any atom is 0.270 e. The molecular formula is C25H24N2O3S. The van der Waals surface area contributed by atoms with Crippen molar-refractivity contribution in [3.05, 3.63) is 107 Å². The molecule has 0 saturated carbocycles. The topological polar surface area (TPSA) is 66.5 Å². The molecule has 31 heavy (non-hydrogen) atoms. The van der Waals surface area contributed by atoms with E-state index in [1.165, 1.54) is 4.31 Å². The van der Waals surface area contributed by atoms with E-state index < -0.39 is 15.9 Å². The predicted octanol–water partition coefficient (Wildman–Crippen LogP) is 4.49. The number of hydrogen-bond acceptors (Lipinski definition) is 3. The van der Waals surface area contributed by atoms with Gasteiger partial charge in [-0.15, -0.1) is 0 Å². The first-order valence-corrected chi connectivity index (χ1v) is 11.7. The fourth-order valence-corrected chi connectivity index (χ4v) is 5.70. The highest BCUT2D eigenvalue weighted by atomic mass is 32.2. The third kappa shape index (κ3) is 3.75. The Morgan fingerprint density at radius 2 is 1.48 bits per heavy atom. The van der Waals surface area contributed by atoms with Crippen LogP contribution in [0, 0.1) is 0 Å². The summed E-state index contributed by atoms with van der Waals surface area (Å²) < 4.78 is 28.6. The zero-order valence-corrected chi connectivity index (χ0v) is 18.3. The van der Waals surface area contributed by atoms with E-state index in [1.54, 1.807) is 13.0 Å². The van der Waals surface area contributed by atoms with Crippen molar-refractivity contribution < 1.29 is 13.2 Å². The first kappa shape index (κ1) is 20.9. The van der Waals surface area contributed by atoms with Crippen molar-refractivity contribution in [3.63, 3.8) is 0 Å². The number of rotatable bonds is 5. The Labute approximate surface area is 183 Å². The molecule has 0 radical (unpaired) electrons. The molecule has 1 aliphatic heterocycles. The van der Waals surface area contributed by atoms with Crippen molar-refractivity contribution in [1.29, 1.82) is 0 Å². The van der Waals surface area contributed by atoms with Crippen molar-refractivity contribution in [1.82, 2.24) is 5.32 Å². The summed E-state index contributed by atoms with van der Waals surface area (Å²) in [4.78, 5) is 13.3. The van der Waals surface area contributed by atoms with Crippen LogP contribution in [0.3, 0.4) is 0 Å². The summed E-state index contributed by atoms with van der Waals surface area (Å²) in [6.45, 7) is 3.84. The number of nitrogens with zero attached hydrogens (tertiary/aromatic N) is 1. The summed E-state index contributed by atoms with van der Waals surface area (Å²) in [6.07, 6.45) is 0. The molecule has 0 fully saturated rings. The third-order valence-corrected chi connectivity index (χ3v) is 7.36. The predicted molar refractivity (Wildman–Crippen MR) is 124 cm³/mol. The fourth-order valence-electron chi connectivity index (χ4n) is 3.94. The molecule has 0 aromatic heterocycles. The molecule has 6 heteroatoms. The molecule has 0 spiro atoms. The Hall–Kier alpha value is -3.38. The molecule has 158 valence electrons. The molecule has 0 bridgehead atoms. The number of carbonyl (C=O) groups excluding carboxylic acids is 1. The summed E-state index contributed by atoms with van der Waals surface area (Å²) in [7, 11) is -4.05. The highest BCUT2D eigenvalue weighted by molar-refractivity contribution is 7.97. The minimum atomic E-state index is -4.05. The molecule has 1 N–H and O–H groups in total. The van der Waals surface area contributed by atoms with Crippen molar-refractivity contribution in [2.45, 2.75) is 19.9 Å². The molecule has 1 heterocycles. The van der Waals surface area contributed by atoms with E-state index in [0.29, 0.717) is 16.8 Å². The van der Waals surface area contributed by atoms with E-state index in [1.807, 2.05) is 85.8 Å². The molecule has 3 aromatic rings. The van der Waals surface area contributed by atoms with Gasteiger partial charge in [0.2, 0.25) is 0 Å². The van der Waals surface area contributed by atoms with Gasteiger partial charge in [0.05, 0.1) is 11.7 Å². The second kappa shape index (κ2) is 8.40. The Morgan fingerprint density at radius 3 is 2.13 bits per heavy atom. The van der Waals surface area contributed by atoms with Crippen molar-refractivity contribution >= 4 is 27.2 Å². The van der Waals surface area contributed by atoms with Crippen molar-refractivity contribution in [3.8, 4) is 0 Å². The highest BCUT2D eigenvalue weighted by Crippen LogP contribution is 2.42. The fraction of sp³-hybridized carbons (Fsp3) is 0.160. The second-order valence-corrected chi connectivity index (χ2v) is 9.16. The van der Waals surface area contributed by atoms with E-state index in [-0.39, 0.29) is 17.5 Å². The largest absolute Gasteiger partial charge is 0.345 e. The van der Waals surface area contributed by atoms with Crippen molar-refractivity contribution in [2.75, 3.05) is 10.8 Å². The summed E-state index contributed by atoms with van der Waals surface area (Å²) >= 11 is 0. The van der Waals surface area contributed by atoms with Crippen LogP contribution < -0.4 is 9.62 Å². The van der Waals surface area contributed by atoms with E-state index >= 15 is 0 Å². The number of fused-ring (bicyclic) bond motifs is 1. The lowest BCUT2D eigenvalue weighted by Gasteiger charge is -2.33. The van der Waals surface area contributed by atoms with Crippen LogP contribution in [-0.4, -0.2) is 20.9 Å². The second-order valence-electron chi connectivity index (χ2n) is 7.36. The molecule has 1 unspecified atom stereocenters. The molecule has 1 aliphatic rings. The van der Waals surface area contributed by atoms with E-state index in [4.69, 9.17) is 0 Å². The van der Waals surface area contributed by atoms with Gasteiger partial charge in [-0.2, -0.15) is 0 Å².